The quantitative estimate of drug-likeness (QED) is 0.527. The topological polar surface area (TPSA) is 87.6 Å². The van der Waals surface area contributed by atoms with E-state index in [1.165, 1.54) is 0 Å². The van der Waals surface area contributed by atoms with Crippen molar-refractivity contribution in [3.8, 4) is 11.4 Å². The number of fused-ring (bicyclic) bond motifs is 2. The Hall–Kier alpha value is -2.60. The van der Waals surface area contributed by atoms with E-state index in [-0.39, 0.29) is 0 Å². The molecule has 4 aromatic rings. The molecule has 3 aromatic heterocycles. The summed E-state index contributed by atoms with van der Waals surface area (Å²) < 4.78 is 5.01. The monoisotopic (exact) mass is 286 g/mol. The Kier molecular flexibility index (Phi) is 2.22. The fourth-order valence-electron chi connectivity index (χ4n) is 2.14. The van der Waals surface area contributed by atoms with Gasteiger partial charge in [0.2, 0.25) is 0 Å². The van der Waals surface area contributed by atoms with Crippen LogP contribution in [0, 0.1) is 0 Å². The highest BCUT2D eigenvalue weighted by Crippen LogP contribution is 2.24. The van der Waals surface area contributed by atoms with Crippen LogP contribution in [0.4, 0.5) is 0 Å². The minimum Gasteiger partial charge on any atom is -0.408 e. The first-order valence-corrected chi connectivity index (χ1v) is 6.21. The average Bonchev–Trinajstić information content (AvgIpc) is 2.97. The second kappa shape index (κ2) is 3.94. The molecule has 0 aliphatic heterocycles. The number of nitrogens with zero attached hydrogens (tertiary/aromatic N) is 2. The Morgan fingerprint density at radius 3 is 2.90 bits per heavy atom. The molecule has 0 saturated heterocycles. The van der Waals surface area contributed by atoms with Gasteiger partial charge in [-0.25, -0.2) is 14.8 Å². The molecule has 7 heteroatoms. The summed E-state index contributed by atoms with van der Waals surface area (Å²) in [6.45, 7) is 0. The molecular formula is C13H7ClN4O2. The lowest BCUT2D eigenvalue weighted by molar-refractivity contribution is 0.555. The van der Waals surface area contributed by atoms with E-state index < -0.39 is 5.76 Å². The maximum Gasteiger partial charge on any atom is 0.417 e. The number of aromatic nitrogens is 4. The highest BCUT2D eigenvalue weighted by Gasteiger charge is 2.09. The lowest BCUT2D eigenvalue weighted by Crippen LogP contribution is -1.92. The molecular weight excluding hydrogens is 280 g/mol. The molecule has 1 aromatic carbocycles. The Morgan fingerprint density at radius 1 is 1.15 bits per heavy atom. The zero-order valence-corrected chi connectivity index (χ0v) is 10.7. The van der Waals surface area contributed by atoms with Gasteiger partial charge in [-0.1, -0.05) is 11.6 Å². The molecule has 0 fully saturated rings. The lowest BCUT2D eigenvalue weighted by Gasteiger charge is -1.95. The van der Waals surface area contributed by atoms with Crippen LogP contribution in [-0.2, 0) is 0 Å². The van der Waals surface area contributed by atoms with Gasteiger partial charge in [-0.15, -0.1) is 0 Å². The van der Waals surface area contributed by atoms with Crippen molar-refractivity contribution in [3.63, 3.8) is 0 Å². The first-order chi connectivity index (χ1) is 9.69. The van der Waals surface area contributed by atoms with Gasteiger partial charge in [-0.05, 0) is 18.2 Å². The highest BCUT2D eigenvalue weighted by molar-refractivity contribution is 6.29. The smallest absolute Gasteiger partial charge is 0.408 e. The summed E-state index contributed by atoms with van der Waals surface area (Å²) in [6.07, 6.45) is 1.62. The highest BCUT2D eigenvalue weighted by atomic mass is 35.5. The number of benzene rings is 1. The number of rotatable bonds is 1. The van der Waals surface area contributed by atoms with E-state index in [1.54, 1.807) is 24.4 Å². The van der Waals surface area contributed by atoms with Crippen LogP contribution in [0.25, 0.3) is 33.5 Å². The molecule has 0 radical (unpaired) electrons. The SMILES string of the molecule is O=c1[nH]c2cc3[nH]c(-c4ccnc(Cl)c4)nc3cc2o1. The summed E-state index contributed by atoms with van der Waals surface area (Å²) in [5.74, 6) is 0.202. The van der Waals surface area contributed by atoms with E-state index in [0.717, 1.165) is 11.1 Å². The third-order valence-corrected chi connectivity index (χ3v) is 3.23. The summed E-state index contributed by atoms with van der Waals surface area (Å²) in [5, 5.41) is 0.404. The summed E-state index contributed by atoms with van der Waals surface area (Å²) >= 11 is 5.87. The van der Waals surface area contributed by atoms with E-state index in [9.17, 15) is 4.79 Å². The van der Waals surface area contributed by atoms with Gasteiger partial charge in [0, 0.05) is 17.8 Å². The molecule has 3 heterocycles. The van der Waals surface area contributed by atoms with Crippen LogP contribution < -0.4 is 5.76 Å². The summed E-state index contributed by atoms with van der Waals surface area (Å²) in [7, 11) is 0. The number of hydrogen-bond acceptors (Lipinski definition) is 4. The maximum atomic E-state index is 11.1. The van der Waals surface area contributed by atoms with Crippen LogP contribution >= 0.6 is 11.6 Å². The van der Waals surface area contributed by atoms with E-state index >= 15 is 0 Å². The van der Waals surface area contributed by atoms with Crippen molar-refractivity contribution in [1.82, 2.24) is 19.9 Å². The third kappa shape index (κ3) is 1.70. The molecule has 0 amide bonds. The van der Waals surface area contributed by atoms with Crippen LogP contribution in [0.3, 0.4) is 0 Å². The molecule has 4 rings (SSSR count). The van der Waals surface area contributed by atoms with E-state index in [1.807, 2.05) is 6.07 Å². The van der Waals surface area contributed by atoms with Crippen molar-refractivity contribution in [2.24, 2.45) is 0 Å². The normalized spacial score (nSPS) is 11.4. The van der Waals surface area contributed by atoms with Crippen molar-refractivity contribution >= 4 is 33.7 Å². The van der Waals surface area contributed by atoms with E-state index in [2.05, 4.69) is 19.9 Å². The van der Waals surface area contributed by atoms with Crippen molar-refractivity contribution in [2.75, 3.05) is 0 Å². The van der Waals surface area contributed by atoms with E-state index in [4.69, 9.17) is 16.0 Å². The third-order valence-electron chi connectivity index (χ3n) is 3.02. The molecule has 0 saturated carbocycles. The molecule has 0 aliphatic rings. The van der Waals surface area contributed by atoms with Gasteiger partial charge in [0.15, 0.2) is 5.58 Å². The van der Waals surface area contributed by atoms with Gasteiger partial charge < -0.3 is 9.40 Å². The predicted molar refractivity (Wildman–Crippen MR) is 74.7 cm³/mol. The minimum absolute atomic E-state index is 0.404. The predicted octanol–water partition coefficient (Wildman–Crippen LogP) is 2.71. The van der Waals surface area contributed by atoms with Crippen LogP contribution in [0.1, 0.15) is 0 Å². The number of aromatic amines is 2. The Labute approximate surface area is 116 Å². The molecule has 20 heavy (non-hydrogen) atoms. The van der Waals surface area contributed by atoms with Crippen LogP contribution in [0.5, 0.6) is 0 Å². The average molecular weight is 287 g/mol. The maximum absolute atomic E-state index is 11.1. The second-order valence-corrected chi connectivity index (χ2v) is 4.72. The second-order valence-electron chi connectivity index (χ2n) is 4.33. The van der Waals surface area contributed by atoms with Gasteiger partial charge in [0.25, 0.3) is 0 Å². The van der Waals surface area contributed by atoms with Gasteiger partial charge in [0.05, 0.1) is 16.6 Å². The van der Waals surface area contributed by atoms with Gasteiger partial charge >= 0.3 is 5.76 Å². The molecule has 0 spiro atoms. The standard InChI is InChI=1S/C13H7ClN4O2/c14-11-3-6(1-2-15-11)12-16-7-4-9-10(5-8(7)17-12)20-13(19)18-9/h1-5H,(H,16,17)(H,18,19). The number of H-pyrrole nitrogens is 2. The molecule has 0 atom stereocenters. The fourth-order valence-corrected chi connectivity index (χ4v) is 2.32. The Morgan fingerprint density at radius 2 is 2.05 bits per heavy atom. The molecule has 2 N–H and O–H groups in total. The minimum atomic E-state index is -0.478. The first kappa shape index (κ1) is 11.2. The molecule has 0 bridgehead atoms. The number of nitrogens with one attached hydrogen (secondary N) is 2. The molecule has 0 unspecified atom stereocenters. The zero-order chi connectivity index (χ0) is 13.7. The van der Waals surface area contributed by atoms with Crippen molar-refractivity contribution in [1.29, 1.82) is 0 Å². The number of oxazole rings is 1. The summed E-state index contributed by atoms with van der Waals surface area (Å²) in [6, 6.07) is 7.04. The summed E-state index contributed by atoms with van der Waals surface area (Å²) in [5.41, 5.74) is 3.46. The van der Waals surface area contributed by atoms with Crippen LogP contribution in [-0.4, -0.2) is 19.9 Å². The zero-order valence-electron chi connectivity index (χ0n) is 9.98. The molecule has 0 aliphatic carbocycles. The van der Waals surface area contributed by atoms with Crippen LogP contribution in [0.15, 0.2) is 39.7 Å². The first-order valence-electron chi connectivity index (χ1n) is 5.83. The molecule has 98 valence electrons. The fraction of sp³-hybridized carbons (Fsp3) is 0. The Bertz CT molecular complexity index is 944. The van der Waals surface area contributed by atoms with Gasteiger partial charge in [-0.3, -0.25) is 4.98 Å². The van der Waals surface area contributed by atoms with Crippen molar-refractivity contribution in [3.05, 3.63) is 46.2 Å². The van der Waals surface area contributed by atoms with Crippen molar-refractivity contribution in [2.45, 2.75) is 0 Å². The number of imidazole rings is 1. The number of hydrogen-bond donors (Lipinski definition) is 2. The summed E-state index contributed by atoms with van der Waals surface area (Å²) in [4.78, 5) is 25.3. The lowest BCUT2D eigenvalue weighted by atomic mass is 10.2. The van der Waals surface area contributed by atoms with Crippen LogP contribution in [0.2, 0.25) is 5.15 Å². The van der Waals surface area contributed by atoms with Gasteiger partial charge in [-0.2, -0.15) is 0 Å². The van der Waals surface area contributed by atoms with Gasteiger partial charge in [0.1, 0.15) is 11.0 Å². The Balaban J connectivity index is 1.96. The largest absolute Gasteiger partial charge is 0.417 e. The van der Waals surface area contributed by atoms with Crippen molar-refractivity contribution < 1.29 is 4.42 Å². The van der Waals surface area contributed by atoms with E-state index in [0.29, 0.717) is 27.6 Å². The number of halogens is 1. The number of pyridine rings is 1. The molecule has 6 nitrogen and oxygen atoms in total.